The minimum Gasteiger partial charge on any atom is -0.317 e. The molecule has 1 unspecified atom stereocenters. The van der Waals surface area contributed by atoms with Crippen molar-refractivity contribution in [2.75, 3.05) is 33.9 Å². The molecule has 0 spiro atoms. The van der Waals surface area contributed by atoms with Crippen LogP contribution in [0.2, 0.25) is 0 Å². The minimum atomic E-state index is -1.31. The van der Waals surface area contributed by atoms with Crippen LogP contribution in [0.4, 0.5) is 0 Å². The number of rotatable bonds is 11. The van der Waals surface area contributed by atoms with Gasteiger partial charge < -0.3 is 9.42 Å². The summed E-state index contributed by atoms with van der Waals surface area (Å²) in [5.74, 6) is 0.755. The van der Waals surface area contributed by atoms with Crippen molar-refractivity contribution in [3.05, 3.63) is 29.8 Å². The fourth-order valence-electron chi connectivity index (χ4n) is 1.48. The highest BCUT2D eigenvalue weighted by Crippen LogP contribution is 2.28. The van der Waals surface area contributed by atoms with Crippen molar-refractivity contribution in [3.63, 3.8) is 0 Å². The summed E-state index contributed by atoms with van der Waals surface area (Å²) in [6.07, 6.45) is 1.79. The molecule has 0 aliphatic carbocycles. The molecule has 0 aromatic heterocycles. The second kappa shape index (κ2) is 11.5. The third kappa shape index (κ3) is 9.54. The Hall–Kier alpha value is -0.0600. The second-order valence-corrected chi connectivity index (χ2v) is 7.24. The normalized spacial score (nSPS) is 11.9. The van der Waals surface area contributed by atoms with E-state index in [1.807, 2.05) is 12.1 Å². The Morgan fingerprint density at radius 3 is 2.52 bits per heavy atom. The smallest absolute Gasteiger partial charge is 0.317 e. The van der Waals surface area contributed by atoms with Gasteiger partial charge in [0.05, 0.1) is 6.61 Å². The van der Waals surface area contributed by atoms with Crippen molar-refractivity contribution in [1.82, 2.24) is 4.90 Å². The summed E-state index contributed by atoms with van der Waals surface area (Å²) in [7, 11) is 3.35. The Balaban J connectivity index is 2.27. The predicted octanol–water partition coefficient (Wildman–Crippen LogP) is 3.69. The molecule has 116 valence electrons. The molecule has 8 heteroatoms. The fraction of sp³-hybridized carbons (Fsp3) is 0.538. The molecular formula is C13H20NO3P2S2+. The second-order valence-electron chi connectivity index (χ2n) is 4.61. The zero-order chi connectivity index (χ0) is 15.5. The molecular weight excluding hydrogens is 344 g/mol. The first-order valence-electron chi connectivity index (χ1n) is 6.58. The van der Waals surface area contributed by atoms with Crippen molar-refractivity contribution >= 4 is 38.3 Å². The molecule has 0 radical (unpaired) electrons. The van der Waals surface area contributed by atoms with Crippen LogP contribution in [0.3, 0.4) is 0 Å². The van der Waals surface area contributed by atoms with E-state index in [0.29, 0.717) is 20.8 Å². The van der Waals surface area contributed by atoms with Crippen LogP contribution in [0.5, 0.6) is 5.75 Å². The molecule has 0 aliphatic rings. The van der Waals surface area contributed by atoms with Gasteiger partial charge in [-0.1, -0.05) is 12.1 Å². The lowest BCUT2D eigenvalue weighted by Crippen LogP contribution is -2.14. The van der Waals surface area contributed by atoms with E-state index >= 15 is 0 Å². The average Bonchev–Trinajstić information content (AvgIpc) is 2.46. The van der Waals surface area contributed by atoms with Crippen molar-refractivity contribution in [3.8, 4) is 5.75 Å². The van der Waals surface area contributed by atoms with Crippen LogP contribution in [0.1, 0.15) is 12.0 Å². The Labute approximate surface area is 139 Å². The van der Waals surface area contributed by atoms with Gasteiger partial charge in [0.15, 0.2) is 5.75 Å². The van der Waals surface area contributed by atoms with Gasteiger partial charge in [0.2, 0.25) is 11.8 Å². The van der Waals surface area contributed by atoms with Crippen LogP contribution in [0.25, 0.3) is 0 Å². The first-order chi connectivity index (χ1) is 10.1. The van der Waals surface area contributed by atoms with Gasteiger partial charge in [0.25, 0.3) is 0 Å². The van der Waals surface area contributed by atoms with E-state index in [-0.39, 0.29) is 0 Å². The van der Waals surface area contributed by atoms with Crippen molar-refractivity contribution in [1.29, 1.82) is 0 Å². The monoisotopic (exact) mass is 364 g/mol. The van der Waals surface area contributed by atoms with Gasteiger partial charge >= 0.3 is 7.15 Å². The molecule has 0 saturated carbocycles. The van der Waals surface area contributed by atoms with Crippen LogP contribution in [-0.4, -0.2) is 38.8 Å². The molecule has 1 aromatic carbocycles. The summed E-state index contributed by atoms with van der Waals surface area (Å²) in [6, 6.07) is 8.01. The maximum Gasteiger partial charge on any atom is 0.573 e. The third-order valence-electron chi connectivity index (χ3n) is 2.58. The van der Waals surface area contributed by atoms with E-state index < -0.39 is 7.15 Å². The SMILES string of the molecule is CN(C)CCc1ccc(O[P+](=S)OCCCOP=S)cc1. The Bertz CT molecular complexity index is 444. The first kappa shape index (κ1) is 19.0. The van der Waals surface area contributed by atoms with Crippen molar-refractivity contribution in [2.45, 2.75) is 12.8 Å². The topological polar surface area (TPSA) is 30.9 Å². The van der Waals surface area contributed by atoms with Gasteiger partial charge in [0.1, 0.15) is 14.2 Å². The first-order valence-corrected chi connectivity index (χ1v) is 10.6. The molecule has 0 N–H and O–H groups in total. The van der Waals surface area contributed by atoms with E-state index in [1.165, 1.54) is 5.56 Å². The van der Waals surface area contributed by atoms with Crippen LogP contribution in [-0.2, 0) is 39.1 Å². The van der Waals surface area contributed by atoms with Gasteiger partial charge in [-0.05, 0) is 56.4 Å². The molecule has 0 amide bonds. The number of hydrogen-bond acceptors (Lipinski definition) is 6. The van der Waals surface area contributed by atoms with Gasteiger partial charge in [-0.15, -0.1) is 4.52 Å². The summed E-state index contributed by atoms with van der Waals surface area (Å²) in [6.45, 7) is 2.15. The van der Waals surface area contributed by atoms with Crippen molar-refractivity contribution < 1.29 is 13.6 Å². The summed E-state index contributed by atoms with van der Waals surface area (Å²) >= 11 is 9.81. The molecule has 1 aromatic rings. The lowest BCUT2D eigenvalue weighted by molar-refractivity contribution is 0.273. The fourth-order valence-corrected chi connectivity index (χ4v) is 3.02. The molecule has 0 saturated heterocycles. The maximum absolute atomic E-state index is 5.59. The van der Waals surface area contributed by atoms with Crippen molar-refractivity contribution in [2.24, 2.45) is 0 Å². The molecule has 1 rings (SSSR count). The summed E-state index contributed by atoms with van der Waals surface area (Å²) in [4.78, 5) is 2.16. The van der Waals surface area contributed by atoms with Gasteiger partial charge in [-0.25, -0.2) is 0 Å². The molecule has 4 nitrogen and oxygen atoms in total. The molecule has 1 atom stereocenters. The van der Waals surface area contributed by atoms with E-state index in [2.05, 4.69) is 42.9 Å². The van der Waals surface area contributed by atoms with E-state index in [9.17, 15) is 0 Å². The molecule has 0 aliphatic heterocycles. The highest BCUT2D eigenvalue weighted by Gasteiger charge is 2.15. The lowest BCUT2D eigenvalue weighted by atomic mass is 10.1. The zero-order valence-electron chi connectivity index (χ0n) is 12.2. The van der Waals surface area contributed by atoms with E-state index in [1.54, 1.807) is 0 Å². The van der Waals surface area contributed by atoms with Gasteiger partial charge in [-0.3, -0.25) is 4.52 Å². The quantitative estimate of drug-likeness (QED) is 0.440. The summed E-state index contributed by atoms with van der Waals surface area (Å²) in [5.41, 5.74) is 1.28. The third-order valence-corrected chi connectivity index (χ3v) is 4.48. The lowest BCUT2D eigenvalue weighted by Gasteiger charge is -2.08. The standard InChI is InChI=1S/C13H20NO3P2S2/c1-14(2)9-8-12-4-6-13(7-5-12)17-19(21)16-11-3-10-15-18-20/h4-7H,3,8-11H2,1-2H3/q+1. The number of likely N-dealkylation sites (N-methyl/N-ethyl adjacent to an activating group) is 1. The molecule has 21 heavy (non-hydrogen) atoms. The Morgan fingerprint density at radius 2 is 1.90 bits per heavy atom. The highest BCUT2D eigenvalue weighted by molar-refractivity contribution is 8.00. The van der Waals surface area contributed by atoms with Gasteiger partial charge in [0, 0.05) is 6.54 Å². The molecule has 0 fully saturated rings. The van der Waals surface area contributed by atoms with Crippen LogP contribution in [0, 0.1) is 0 Å². The van der Waals surface area contributed by atoms with Gasteiger partial charge in [-0.2, -0.15) is 0 Å². The zero-order valence-corrected chi connectivity index (χ0v) is 15.6. The number of benzene rings is 1. The Morgan fingerprint density at radius 1 is 1.19 bits per heavy atom. The van der Waals surface area contributed by atoms with E-state index in [0.717, 1.165) is 25.1 Å². The largest absolute Gasteiger partial charge is 0.573 e. The molecule has 0 heterocycles. The molecule has 0 bridgehead atoms. The Kier molecular flexibility index (Phi) is 10.4. The maximum atomic E-state index is 5.59. The minimum absolute atomic E-state index is 0.527. The number of hydrogen-bond donors (Lipinski definition) is 0. The predicted molar refractivity (Wildman–Crippen MR) is 94.4 cm³/mol. The van der Waals surface area contributed by atoms with Crippen LogP contribution < -0.4 is 4.52 Å². The number of nitrogens with zero attached hydrogens (tertiary/aromatic N) is 1. The van der Waals surface area contributed by atoms with Crippen LogP contribution in [0.15, 0.2) is 24.3 Å². The highest BCUT2D eigenvalue weighted by atomic mass is 32.4. The summed E-state index contributed by atoms with van der Waals surface area (Å²) in [5, 5.41) is 0. The average molecular weight is 364 g/mol. The van der Waals surface area contributed by atoms with Crippen LogP contribution >= 0.6 is 14.7 Å². The van der Waals surface area contributed by atoms with E-state index in [4.69, 9.17) is 25.4 Å². The summed E-state index contributed by atoms with van der Waals surface area (Å²) < 4.78 is 16.0.